The van der Waals surface area contributed by atoms with Gasteiger partial charge in [0, 0.05) is 0 Å². The van der Waals surface area contributed by atoms with E-state index in [1.807, 2.05) is 36.4 Å². The quantitative estimate of drug-likeness (QED) is 0.286. The van der Waals surface area contributed by atoms with Crippen LogP contribution < -0.4 is 20.7 Å². The molecule has 1 heterocycles. The minimum Gasteiger partial charge on any atom is -0.410 e. The Morgan fingerprint density at radius 2 is 1.54 bits per heavy atom. The van der Waals surface area contributed by atoms with Crippen LogP contribution in [0.25, 0.3) is 10.8 Å². The van der Waals surface area contributed by atoms with Gasteiger partial charge in [0.2, 0.25) is 17.7 Å². The molecule has 1 saturated heterocycles. The first-order chi connectivity index (χ1) is 18.6. The van der Waals surface area contributed by atoms with E-state index in [2.05, 4.69) is 16.0 Å². The van der Waals surface area contributed by atoms with Crippen molar-refractivity contribution < 1.29 is 28.7 Å². The largest absolute Gasteiger partial charge is 0.413 e. The molecule has 0 saturated carbocycles. The lowest BCUT2D eigenvalue weighted by molar-refractivity contribution is -0.137. The van der Waals surface area contributed by atoms with Gasteiger partial charge in [-0.1, -0.05) is 81.4 Å². The number of ether oxygens (including phenoxy) is 1. The smallest absolute Gasteiger partial charge is 0.410 e. The van der Waals surface area contributed by atoms with Gasteiger partial charge >= 0.3 is 6.09 Å². The Balaban J connectivity index is 1.46. The van der Waals surface area contributed by atoms with Crippen LogP contribution in [0.2, 0.25) is 0 Å². The molecule has 0 aromatic heterocycles. The first kappa shape index (κ1) is 27.5. The van der Waals surface area contributed by atoms with Crippen LogP contribution in [0.4, 0.5) is 4.79 Å². The van der Waals surface area contributed by atoms with E-state index in [1.165, 1.54) is 6.92 Å². The summed E-state index contributed by atoms with van der Waals surface area (Å²) in [6.45, 7) is 5.00. The molecule has 0 spiro atoms. The maximum absolute atomic E-state index is 13.2. The van der Waals surface area contributed by atoms with Crippen molar-refractivity contribution in [3.8, 4) is 5.75 Å². The zero-order chi connectivity index (χ0) is 28.1. The molecule has 39 heavy (non-hydrogen) atoms. The minimum atomic E-state index is -1.16. The Morgan fingerprint density at radius 3 is 2.18 bits per heavy atom. The SMILES string of the molecule is CC(C)[C@H](NC(=O)CC(NC(=O)Oc1ccc2ccccc2c1)c1ccccc1)C(=O)[C@@H]1C(=O)NC(=O)[C@H]1C. The van der Waals surface area contributed by atoms with E-state index in [4.69, 9.17) is 4.74 Å². The fraction of sp³-hybridized carbons (Fsp3) is 0.300. The predicted octanol–water partition coefficient (Wildman–Crippen LogP) is 3.68. The van der Waals surface area contributed by atoms with Crippen LogP contribution in [0.5, 0.6) is 5.75 Å². The van der Waals surface area contributed by atoms with Crippen molar-refractivity contribution in [1.82, 2.24) is 16.0 Å². The van der Waals surface area contributed by atoms with Gasteiger partial charge in [-0.2, -0.15) is 0 Å². The molecule has 0 aliphatic carbocycles. The van der Waals surface area contributed by atoms with E-state index in [0.29, 0.717) is 11.3 Å². The number of hydrogen-bond donors (Lipinski definition) is 3. The van der Waals surface area contributed by atoms with Crippen LogP contribution in [-0.4, -0.2) is 35.6 Å². The Morgan fingerprint density at radius 1 is 0.872 bits per heavy atom. The molecule has 1 fully saturated rings. The molecule has 1 aliphatic rings. The molecule has 1 aliphatic heterocycles. The van der Waals surface area contributed by atoms with Crippen molar-refractivity contribution in [2.75, 3.05) is 0 Å². The number of imide groups is 1. The van der Waals surface area contributed by atoms with E-state index in [9.17, 15) is 24.0 Å². The number of Topliss-reactive ketones (excluding diaryl/α,β-unsaturated/α-hetero) is 1. The van der Waals surface area contributed by atoms with Gasteiger partial charge in [0.15, 0.2) is 5.78 Å². The number of hydrogen-bond acceptors (Lipinski definition) is 6. The summed E-state index contributed by atoms with van der Waals surface area (Å²) in [5.41, 5.74) is 0.671. The molecule has 4 atom stereocenters. The summed E-state index contributed by atoms with van der Waals surface area (Å²) < 4.78 is 5.50. The van der Waals surface area contributed by atoms with Crippen molar-refractivity contribution in [3.05, 3.63) is 78.4 Å². The molecule has 4 amide bonds. The Kier molecular flexibility index (Phi) is 8.39. The highest BCUT2D eigenvalue weighted by Gasteiger charge is 2.46. The number of amides is 4. The molecule has 4 rings (SSSR count). The second-order valence-corrected chi connectivity index (χ2v) is 10.0. The van der Waals surface area contributed by atoms with E-state index in [0.717, 1.165) is 10.8 Å². The lowest BCUT2D eigenvalue weighted by atomic mass is 9.85. The summed E-state index contributed by atoms with van der Waals surface area (Å²) in [6.07, 6.45) is -0.919. The van der Waals surface area contributed by atoms with E-state index in [1.54, 1.807) is 50.2 Å². The molecule has 3 N–H and O–H groups in total. The maximum atomic E-state index is 13.2. The summed E-state index contributed by atoms with van der Waals surface area (Å²) in [7, 11) is 0. The number of benzene rings is 3. The van der Waals surface area contributed by atoms with E-state index >= 15 is 0 Å². The molecule has 9 heteroatoms. The fourth-order valence-electron chi connectivity index (χ4n) is 4.69. The molecular weight excluding hydrogens is 498 g/mol. The average molecular weight is 530 g/mol. The first-order valence-electron chi connectivity index (χ1n) is 12.8. The van der Waals surface area contributed by atoms with Crippen LogP contribution in [0, 0.1) is 17.8 Å². The summed E-state index contributed by atoms with van der Waals surface area (Å²) in [5, 5.41) is 9.57. The molecule has 0 radical (unpaired) electrons. The monoisotopic (exact) mass is 529 g/mol. The summed E-state index contributed by atoms with van der Waals surface area (Å²) in [5.74, 6) is -4.14. The van der Waals surface area contributed by atoms with Gasteiger partial charge in [0.05, 0.1) is 24.4 Å². The number of carbonyl (C=O) groups is 5. The van der Waals surface area contributed by atoms with Crippen molar-refractivity contribution in [3.63, 3.8) is 0 Å². The average Bonchev–Trinajstić information content (AvgIpc) is 3.17. The molecule has 3 aromatic rings. The topological polar surface area (TPSA) is 131 Å². The van der Waals surface area contributed by atoms with E-state index < -0.39 is 53.5 Å². The van der Waals surface area contributed by atoms with Gasteiger partial charge in [-0.3, -0.25) is 24.5 Å². The lowest BCUT2D eigenvalue weighted by Crippen LogP contribution is -2.49. The first-order valence-corrected chi connectivity index (χ1v) is 12.8. The van der Waals surface area contributed by atoms with Crippen LogP contribution in [0.15, 0.2) is 72.8 Å². The van der Waals surface area contributed by atoms with Crippen molar-refractivity contribution in [1.29, 1.82) is 0 Å². The van der Waals surface area contributed by atoms with Crippen molar-refractivity contribution in [2.24, 2.45) is 17.8 Å². The van der Waals surface area contributed by atoms with Crippen LogP contribution in [0.1, 0.15) is 38.8 Å². The minimum absolute atomic E-state index is 0.182. The second-order valence-electron chi connectivity index (χ2n) is 10.0. The molecule has 9 nitrogen and oxygen atoms in total. The zero-order valence-corrected chi connectivity index (χ0v) is 22.0. The summed E-state index contributed by atoms with van der Waals surface area (Å²) >= 11 is 0. The van der Waals surface area contributed by atoms with Crippen LogP contribution in [0.3, 0.4) is 0 Å². The summed E-state index contributed by atoms with van der Waals surface area (Å²) in [4.78, 5) is 63.3. The number of rotatable bonds is 9. The van der Waals surface area contributed by atoms with Gasteiger partial charge in [-0.15, -0.1) is 0 Å². The normalized spacial score (nSPS) is 18.4. The third-order valence-electron chi connectivity index (χ3n) is 6.85. The number of carbonyl (C=O) groups excluding carboxylic acids is 5. The molecule has 0 bridgehead atoms. The van der Waals surface area contributed by atoms with Gasteiger partial charge in [-0.05, 0) is 34.4 Å². The molecular formula is C30H31N3O6. The lowest BCUT2D eigenvalue weighted by Gasteiger charge is -2.26. The van der Waals surface area contributed by atoms with Crippen molar-refractivity contribution >= 4 is 40.4 Å². The third-order valence-corrected chi connectivity index (χ3v) is 6.85. The van der Waals surface area contributed by atoms with Crippen molar-refractivity contribution in [2.45, 2.75) is 39.3 Å². The molecule has 3 aromatic carbocycles. The fourth-order valence-corrected chi connectivity index (χ4v) is 4.69. The highest BCUT2D eigenvalue weighted by Crippen LogP contribution is 2.25. The van der Waals surface area contributed by atoms with Gasteiger partial charge < -0.3 is 15.4 Å². The Hall–Kier alpha value is -4.53. The second kappa shape index (κ2) is 11.9. The standard InChI is InChI=1S/C30H31N3O6/c1-17(2)26(27(35)25-18(3)28(36)33-29(25)37)32-24(34)16-23(20-10-5-4-6-11-20)31-30(38)39-22-14-13-19-9-7-8-12-21(19)15-22/h4-15,17-18,23,25-26H,16H2,1-3H3,(H,31,38)(H,32,34)(H,33,36,37)/t18-,23?,25+,26-/m0/s1. The third kappa shape index (κ3) is 6.49. The van der Waals surface area contributed by atoms with Gasteiger partial charge in [0.1, 0.15) is 11.7 Å². The van der Waals surface area contributed by atoms with E-state index in [-0.39, 0.29) is 12.3 Å². The highest BCUT2D eigenvalue weighted by molar-refractivity contribution is 6.16. The van der Waals surface area contributed by atoms with Crippen LogP contribution >= 0.6 is 0 Å². The highest BCUT2D eigenvalue weighted by atomic mass is 16.6. The summed E-state index contributed by atoms with van der Waals surface area (Å²) in [6, 6.07) is 20.2. The van der Waals surface area contributed by atoms with Gasteiger partial charge in [-0.25, -0.2) is 4.79 Å². The number of ketones is 1. The Bertz CT molecular complexity index is 1400. The maximum Gasteiger partial charge on any atom is 0.413 e. The molecule has 202 valence electrons. The molecule has 1 unspecified atom stereocenters. The Labute approximate surface area is 226 Å². The van der Waals surface area contributed by atoms with Crippen LogP contribution in [-0.2, 0) is 19.2 Å². The zero-order valence-electron chi connectivity index (χ0n) is 22.0. The number of fused-ring (bicyclic) bond motifs is 1. The predicted molar refractivity (Wildman–Crippen MR) is 144 cm³/mol. The number of nitrogens with one attached hydrogen (secondary N) is 3. The van der Waals surface area contributed by atoms with Gasteiger partial charge in [0.25, 0.3) is 0 Å².